The number of carbonyl (C=O) groups excluding carboxylic acids is 1. The molecule has 0 saturated heterocycles. The van der Waals surface area contributed by atoms with Crippen LogP contribution in [0.25, 0.3) is 0 Å². The summed E-state index contributed by atoms with van der Waals surface area (Å²) in [5, 5.41) is 12.5. The van der Waals surface area contributed by atoms with E-state index in [1.54, 1.807) is 29.9 Å². The predicted molar refractivity (Wildman–Crippen MR) is 114 cm³/mol. The second kappa shape index (κ2) is 9.87. The van der Waals surface area contributed by atoms with Crippen LogP contribution >= 0.6 is 35.0 Å². The molecule has 0 atom stereocenters. The van der Waals surface area contributed by atoms with Crippen molar-refractivity contribution in [3.05, 3.63) is 58.3 Å². The van der Waals surface area contributed by atoms with Gasteiger partial charge >= 0.3 is 0 Å². The molecule has 1 amide bonds. The molecule has 1 heterocycles. The molecule has 0 radical (unpaired) electrons. The molecule has 0 aliphatic heterocycles. The van der Waals surface area contributed by atoms with Crippen LogP contribution < -0.4 is 14.8 Å². The van der Waals surface area contributed by atoms with E-state index in [-0.39, 0.29) is 18.3 Å². The molecule has 3 aromatic rings. The smallest absolute Gasteiger partial charge is 0.234 e. The van der Waals surface area contributed by atoms with Gasteiger partial charge in [-0.2, -0.15) is 0 Å². The van der Waals surface area contributed by atoms with Crippen LogP contribution in [0.2, 0.25) is 10.0 Å². The van der Waals surface area contributed by atoms with Gasteiger partial charge in [0.25, 0.3) is 0 Å². The third kappa shape index (κ3) is 5.79. The summed E-state index contributed by atoms with van der Waals surface area (Å²) in [7, 11) is 3.40. The maximum atomic E-state index is 12.2. The fraction of sp³-hybridized carbons (Fsp3) is 0.211. The number of rotatable bonds is 8. The van der Waals surface area contributed by atoms with Crippen molar-refractivity contribution in [2.45, 2.75) is 11.8 Å². The number of methoxy groups -OCH3 is 1. The zero-order valence-electron chi connectivity index (χ0n) is 15.7. The number of aromatic nitrogens is 3. The van der Waals surface area contributed by atoms with E-state index in [1.807, 2.05) is 31.3 Å². The van der Waals surface area contributed by atoms with Crippen LogP contribution in [-0.4, -0.2) is 33.5 Å². The van der Waals surface area contributed by atoms with E-state index in [0.29, 0.717) is 38.2 Å². The van der Waals surface area contributed by atoms with Crippen LogP contribution in [0, 0.1) is 0 Å². The molecule has 10 heteroatoms. The number of carbonyl (C=O) groups is 1. The molecule has 152 valence electrons. The Hall–Kier alpha value is -2.42. The first-order valence-corrected chi connectivity index (χ1v) is 10.2. The van der Waals surface area contributed by atoms with E-state index in [0.717, 1.165) is 0 Å². The van der Waals surface area contributed by atoms with Crippen molar-refractivity contribution in [1.82, 2.24) is 14.8 Å². The Bertz CT molecular complexity index is 993. The lowest BCUT2D eigenvalue weighted by Crippen LogP contribution is -2.14. The Morgan fingerprint density at radius 3 is 2.52 bits per heavy atom. The molecule has 1 N–H and O–H groups in total. The van der Waals surface area contributed by atoms with Crippen LogP contribution in [0.5, 0.6) is 11.5 Å². The summed E-state index contributed by atoms with van der Waals surface area (Å²) in [5.74, 6) is 1.83. The van der Waals surface area contributed by atoms with Gasteiger partial charge in [0.15, 0.2) is 22.5 Å². The van der Waals surface area contributed by atoms with Gasteiger partial charge in [0, 0.05) is 22.8 Å². The van der Waals surface area contributed by atoms with Gasteiger partial charge in [-0.05, 0) is 30.3 Å². The number of amides is 1. The summed E-state index contributed by atoms with van der Waals surface area (Å²) < 4.78 is 12.8. The van der Waals surface area contributed by atoms with Gasteiger partial charge in [0.1, 0.15) is 6.61 Å². The lowest BCUT2D eigenvalue weighted by Gasteiger charge is -2.10. The average molecular weight is 453 g/mol. The van der Waals surface area contributed by atoms with Crippen LogP contribution in [0.1, 0.15) is 5.82 Å². The topological polar surface area (TPSA) is 78.3 Å². The summed E-state index contributed by atoms with van der Waals surface area (Å²) in [6.45, 7) is 0.220. The standard InChI is InChI=1S/C19H18Cl2N4O3S/c1-25-17(10-28-16-6-4-3-5-15(16)27-2)23-24-19(25)29-11-18(26)22-14-8-12(20)7-13(21)9-14/h3-9H,10-11H2,1-2H3,(H,22,26). The molecular formula is C19H18Cl2N4O3S. The predicted octanol–water partition coefficient (Wildman–Crippen LogP) is 4.44. The molecule has 0 bridgehead atoms. The normalized spacial score (nSPS) is 10.6. The van der Waals surface area contributed by atoms with E-state index in [1.165, 1.54) is 11.8 Å². The Kier molecular flexibility index (Phi) is 7.24. The van der Waals surface area contributed by atoms with Crippen LogP contribution in [0.15, 0.2) is 47.6 Å². The number of thioether (sulfide) groups is 1. The number of benzene rings is 2. The first-order chi connectivity index (χ1) is 14.0. The Morgan fingerprint density at radius 1 is 1.14 bits per heavy atom. The molecule has 3 rings (SSSR count). The van der Waals surface area contributed by atoms with Gasteiger partial charge in [0.05, 0.1) is 12.9 Å². The van der Waals surface area contributed by atoms with E-state index in [9.17, 15) is 4.79 Å². The molecule has 0 unspecified atom stereocenters. The zero-order chi connectivity index (χ0) is 20.8. The van der Waals surface area contributed by atoms with E-state index in [2.05, 4.69) is 15.5 Å². The summed E-state index contributed by atoms with van der Waals surface area (Å²) >= 11 is 13.1. The van der Waals surface area contributed by atoms with Crippen LogP contribution in [0.4, 0.5) is 5.69 Å². The minimum Gasteiger partial charge on any atom is -0.493 e. The molecule has 0 fully saturated rings. The zero-order valence-corrected chi connectivity index (χ0v) is 18.0. The summed E-state index contributed by atoms with van der Waals surface area (Å²) in [6.07, 6.45) is 0. The number of para-hydroxylation sites is 2. The molecule has 7 nitrogen and oxygen atoms in total. The van der Waals surface area contributed by atoms with Gasteiger partial charge in [-0.15, -0.1) is 10.2 Å². The van der Waals surface area contributed by atoms with Crippen LogP contribution in [-0.2, 0) is 18.4 Å². The average Bonchev–Trinajstić information content (AvgIpc) is 3.03. The number of nitrogens with zero attached hydrogens (tertiary/aromatic N) is 3. The van der Waals surface area contributed by atoms with Crippen molar-refractivity contribution >= 4 is 46.6 Å². The number of nitrogens with one attached hydrogen (secondary N) is 1. The maximum Gasteiger partial charge on any atom is 0.234 e. The second-order valence-corrected chi connectivity index (χ2v) is 7.71. The van der Waals surface area contributed by atoms with Crippen molar-refractivity contribution in [2.75, 3.05) is 18.2 Å². The lowest BCUT2D eigenvalue weighted by molar-refractivity contribution is -0.113. The molecule has 1 aromatic heterocycles. The van der Waals surface area contributed by atoms with Crippen molar-refractivity contribution in [2.24, 2.45) is 7.05 Å². The molecule has 0 saturated carbocycles. The largest absolute Gasteiger partial charge is 0.493 e. The molecule has 0 spiro atoms. The third-order valence-corrected chi connectivity index (χ3v) is 5.29. The molecule has 2 aromatic carbocycles. The van der Waals surface area contributed by atoms with Gasteiger partial charge < -0.3 is 19.4 Å². The fourth-order valence-electron chi connectivity index (χ4n) is 2.43. The van der Waals surface area contributed by atoms with Gasteiger partial charge in [-0.25, -0.2) is 0 Å². The minimum atomic E-state index is -0.205. The quantitative estimate of drug-likeness (QED) is 0.508. The third-order valence-electron chi connectivity index (χ3n) is 3.83. The number of hydrogen-bond donors (Lipinski definition) is 1. The van der Waals surface area contributed by atoms with Gasteiger partial charge in [-0.3, -0.25) is 4.79 Å². The fourth-order valence-corrected chi connectivity index (χ4v) is 3.69. The number of anilines is 1. The van der Waals surface area contributed by atoms with Crippen molar-refractivity contribution in [3.8, 4) is 11.5 Å². The summed E-state index contributed by atoms with van der Waals surface area (Å²) in [4.78, 5) is 12.2. The highest BCUT2D eigenvalue weighted by molar-refractivity contribution is 7.99. The van der Waals surface area contributed by atoms with E-state index >= 15 is 0 Å². The van der Waals surface area contributed by atoms with Gasteiger partial charge in [0.2, 0.25) is 5.91 Å². The molecule has 0 aliphatic rings. The molecule has 0 aliphatic carbocycles. The van der Waals surface area contributed by atoms with E-state index in [4.69, 9.17) is 32.7 Å². The number of ether oxygens (including phenoxy) is 2. The molecule has 29 heavy (non-hydrogen) atoms. The monoisotopic (exact) mass is 452 g/mol. The van der Waals surface area contributed by atoms with E-state index < -0.39 is 0 Å². The summed E-state index contributed by atoms with van der Waals surface area (Å²) in [5.41, 5.74) is 0.539. The highest BCUT2D eigenvalue weighted by Gasteiger charge is 2.13. The number of halogens is 2. The highest BCUT2D eigenvalue weighted by Crippen LogP contribution is 2.27. The van der Waals surface area contributed by atoms with Gasteiger partial charge in [-0.1, -0.05) is 47.1 Å². The van der Waals surface area contributed by atoms with Crippen molar-refractivity contribution in [1.29, 1.82) is 0 Å². The molecular weight excluding hydrogens is 435 g/mol. The first-order valence-electron chi connectivity index (χ1n) is 8.49. The van der Waals surface area contributed by atoms with Crippen molar-refractivity contribution in [3.63, 3.8) is 0 Å². The van der Waals surface area contributed by atoms with Crippen molar-refractivity contribution < 1.29 is 14.3 Å². The number of hydrogen-bond acceptors (Lipinski definition) is 6. The first kappa shape index (κ1) is 21.3. The lowest BCUT2D eigenvalue weighted by atomic mass is 10.3. The second-order valence-electron chi connectivity index (χ2n) is 5.89. The maximum absolute atomic E-state index is 12.2. The Balaban J connectivity index is 1.56. The Labute approximate surface area is 182 Å². The minimum absolute atomic E-state index is 0.156. The highest BCUT2D eigenvalue weighted by atomic mass is 35.5. The summed E-state index contributed by atoms with van der Waals surface area (Å²) in [6, 6.07) is 12.2. The Morgan fingerprint density at radius 2 is 1.83 bits per heavy atom. The SMILES string of the molecule is COc1ccccc1OCc1nnc(SCC(=O)Nc2cc(Cl)cc(Cl)c2)n1C. The van der Waals surface area contributed by atoms with Crippen LogP contribution in [0.3, 0.4) is 0 Å².